The lowest BCUT2D eigenvalue weighted by Gasteiger charge is -2.12. The first-order valence-corrected chi connectivity index (χ1v) is 10.4. The standard InChI is InChI=1S/C24H25N3O2/c1-3-29-24(28)18-10-13-22-20(14-18)21-15-26(2)25-23(21)27(22)19-11-8-17(9-12-19)16-6-4-5-7-16/h8-16H,3-7H2,1-2H3. The Bertz CT molecular complexity index is 1190. The van der Waals surface area contributed by atoms with Crippen LogP contribution >= 0.6 is 0 Å². The summed E-state index contributed by atoms with van der Waals surface area (Å²) in [7, 11) is 1.93. The van der Waals surface area contributed by atoms with Gasteiger partial charge in [-0.3, -0.25) is 9.25 Å². The highest BCUT2D eigenvalue weighted by Crippen LogP contribution is 2.36. The van der Waals surface area contributed by atoms with Crippen LogP contribution in [0, 0.1) is 0 Å². The first-order valence-electron chi connectivity index (χ1n) is 10.4. The van der Waals surface area contributed by atoms with Crippen LogP contribution in [0.3, 0.4) is 0 Å². The fraction of sp³-hybridized carbons (Fsp3) is 0.333. The van der Waals surface area contributed by atoms with Crippen LogP contribution in [0.25, 0.3) is 27.6 Å². The van der Waals surface area contributed by atoms with Gasteiger partial charge in [0.15, 0.2) is 5.65 Å². The van der Waals surface area contributed by atoms with Gasteiger partial charge in [0, 0.05) is 29.7 Å². The summed E-state index contributed by atoms with van der Waals surface area (Å²) in [6.45, 7) is 2.19. The Balaban J connectivity index is 1.65. The van der Waals surface area contributed by atoms with Gasteiger partial charge < -0.3 is 4.74 Å². The molecule has 5 nitrogen and oxygen atoms in total. The molecule has 1 fully saturated rings. The molecule has 0 saturated heterocycles. The van der Waals surface area contributed by atoms with Crippen LogP contribution < -0.4 is 0 Å². The van der Waals surface area contributed by atoms with Crippen molar-refractivity contribution in [3.05, 3.63) is 59.8 Å². The maximum absolute atomic E-state index is 12.2. The summed E-state index contributed by atoms with van der Waals surface area (Å²) in [6, 6.07) is 14.7. The van der Waals surface area contributed by atoms with E-state index in [-0.39, 0.29) is 5.97 Å². The highest BCUT2D eigenvalue weighted by atomic mass is 16.5. The monoisotopic (exact) mass is 387 g/mol. The Hall–Kier alpha value is -3.08. The van der Waals surface area contributed by atoms with E-state index in [2.05, 4.69) is 28.8 Å². The van der Waals surface area contributed by atoms with Crippen molar-refractivity contribution in [2.45, 2.75) is 38.5 Å². The highest BCUT2D eigenvalue weighted by Gasteiger charge is 2.19. The van der Waals surface area contributed by atoms with Gasteiger partial charge in [-0.1, -0.05) is 25.0 Å². The molecule has 2 aromatic carbocycles. The van der Waals surface area contributed by atoms with E-state index in [1.54, 1.807) is 0 Å². The average molecular weight is 387 g/mol. The molecule has 1 aliphatic carbocycles. The average Bonchev–Trinajstić information content (AvgIpc) is 3.44. The third-order valence-electron chi connectivity index (χ3n) is 6.04. The summed E-state index contributed by atoms with van der Waals surface area (Å²) in [5.41, 5.74) is 5.04. The van der Waals surface area contributed by atoms with Gasteiger partial charge in [-0.15, -0.1) is 0 Å². The molecule has 0 amide bonds. The van der Waals surface area contributed by atoms with Crippen molar-refractivity contribution in [2.24, 2.45) is 7.05 Å². The maximum atomic E-state index is 12.2. The molecule has 0 spiro atoms. The van der Waals surface area contributed by atoms with Crippen LogP contribution in [-0.4, -0.2) is 26.9 Å². The van der Waals surface area contributed by atoms with Gasteiger partial charge in [0.2, 0.25) is 0 Å². The van der Waals surface area contributed by atoms with Crippen molar-refractivity contribution >= 4 is 27.9 Å². The molecule has 0 radical (unpaired) electrons. The number of ether oxygens (including phenoxy) is 1. The van der Waals surface area contributed by atoms with Crippen LogP contribution in [-0.2, 0) is 11.8 Å². The lowest BCUT2D eigenvalue weighted by Crippen LogP contribution is -2.04. The second kappa shape index (κ2) is 7.07. The van der Waals surface area contributed by atoms with Crippen molar-refractivity contribution in [1.82, 2.24) is 14.3 Å². The van der Waals surface area contributed by atoms with Gasteiger partial charge in [-0.25, -0.2) is 4.79 Å². The molecule has 0 N–H and O–H groups in total. The first-order chi connectivity index (χ1) is 14.2. The molecular formula is C24H25N3O2. The van der Waals surface area contributed by atoms with Gasteiger partial charge in [-0.05, 0) is 61.6 Å². The number of rotatable bonds is 4. The molecule has 2 aromatic heterocycles. The quantitative estimate of drug-likeness (QED) is 0.443. The van der Waals surface area contributed by atoms with Crippen molar-refractivity contribution in [3.8, 4) is 5.69 Å². The number of aryl methyl sites for hydroxylation is 1. The molecule has 2 heterocycles. The summed E-state index contributed by atoms with van der Waals surface area (Å²) >= 11 is 0. The Morgan fingerprint density at radius 1 is 1.10 bits per heavy atom. The van der Waals surface area contributed by atoms with Crippen molar-refractivity contribution in [3.63, 3.8) is 0 Å². The van der Waals surface area contributed by atoms with Gasteiger partial charge in [0.05, 0.1) is 17.7 Å². The zero-order chi connectivity index (χ0) is 20.0. The maximum Gasteiger partial charge on any atom is 0.338 e. The van der Waals surface area contributed by atoms with Crippen molar-refractivity contribution in [2.75, 3.05) is 6.61 Å². The molecule has 0 atom stereocenters. The van der Waals surface area contributed by atoms with Gasteiger partial charge >= 0.3 is 5.97 Å². The fourth-order valence-corrected chi connectivity index (χ4v) is 4.65. The zero-order valence-corrected chi connectivity index (χ0v) is 16.9. The van der Waals surface area contributed by atoms with Crippen molar-refractivity contribution < 1.29 is 9.53 Å². The second-order valence-electron chi connectivity index (χ2n) is 7.90. The molecule has 148 valence electrons. The summed E-state index contributed by atoms with van der Waals surface area (Å²) in [4.78, 5) is 12.2. The number of hydrogen-bond donors (Lipinski definition) is 0. The number of fused-ring (bicyclic) bond motifs is 3. The SMILES string of the molecule is CCOC(=O)c1ccc2c(c1)c1cn(C)nc1n2-c1ccc(C2CCCC2)cc1. The summed E-state index contributed by atoms with van der Waals surface area (Å²) < 4.78 is 9.18. The number of carbonyl (C=O) groups excluding carboxylic acids is 1. The highest BCUT2D eigenvalue weighted by molar-refractivity contribution is 6.10. The minimum absolute atomic E-state index is 0.292. The Morgan fingerprint density at radius 2 is 1.86 bits per heavy atom. The van der Waals surface area contributed by atoms with Crippen LogP contribution in [0.2, 0.25) is 0 Å². The largest absolute Gasteiger partial charge is 0.462 e. The Morgan fingerprint density at radius 3 is 2.59 bits per heavy atom. The summed E-state index contributed by atoms with van der Waals surface area (Å²) in [5, 5.41) is 6.75. The third kappa shape index (κ3) is 3.01. The lowest BCUT2D eigenvalue weighted by molar-refractivity contribution is 0.0526. The molecule has 4 aromatic rings. The molecular weight excluding hydrogens is 362 g/mol. The van der Waals surface area contributed by atoms with E-state index in [1.807, 2.05) is 43.0 Å². The van der Waals surface area contributed by atoms with E-state index >= 15 is 0 Å². The van der Waals surface area contributed by atoms with Crippen LogP contribution in [0.4, 0.5) is 0 Å². The molecule has 5 heteroatoms. The van der Waals surface area contributed by atoms with E-state index in [0.717, 1.165) is 27.6 Å². The first kappa shape index (κ1) is 18.0. The van der Waals surface area contributed by atoms with E-state index < -0.39 is 0 Å². The molecule has 1 aliphatic rings. The van der Waals surface area contributed by atoms with E-state index in [9.17, 15) is 4.79 Å². The smallest absolute Gasteiger partial charge is 0.338 e. The number of hydrogen-bond acceptors (Lipinski definition) is 3. The minimum Gasteiger partial charge on any atom is -0.462 e. The number of carbonyl (C=O) groups is 1. The number of aromatic nitrogens is 3. The molecule has 0 unspecified atom stereocenters. The normalized spacial score (nSPS) is 14.8. The van der Waals surface area contributed by atoms with E-state index in [4.69, 9.17) is 9.84 Å². The third-order valence-corrected chi connectivity index (χ3v) is 6.04. The molecule has 0 aliphatic heterocycles. The topological polar surface area (TPSA) is 49.1 Å². The van der Waals surface area contributed by atoms with E-state index in [0.29, 0.717) is 18.1 Å². The predicted molar refractivity (Wildman–Crippen MR) is 115 cm³/mol. The minimum atomic E-state index is -0.292. The van der Waals surface area contributed by atoms with Gasteiger partial charge in [0.25, 0.3) is 0 Å². The molecule has 29 heavy (non-hydrogen) atoms. The van der Waals surface area contributed by atoms with E-state index in [1.165, 1.54) is 31.2 Å². The Labute approximate surface area is 169 Å². The molecule has 1 saturated carbocycles. The number of nitrogens with zero attached hydrogens (tertiary/aromatic N) is 3. The molecule has 0 bridgehead atoms. The van der Waals surface area contributed by atoms with Gasteiger partial charge in [0.1, 0.15) is 0 Å². The van der Waals surface area contributed by atoms with Crippen LogP contribution in [0.5, 0.6) is 0 Å². The second-order valence-corrected chi connectivity index (χ2v) is 7.90. The molecule has 5 rings (SSSR count). The number of esters is 1. The predicted octanol–water partition coefficient (Wildman–Crippen LogP) is 5.35. The van der Waals surface area contributed by atoms with Crippen LogP contribution in [0.15, 0.2) is 48.7 Å². The summed E-state index contributed by atoms with van der Waals surface area (Å²) in [6.07, 6.45) is 7.29. The Kier molecular flexibility index (Phi) is 4.38. The van der Waals surface area contributed by atoms with Crippen molar-refractivity contribution in [1.29, 1.82) is 0 Å². The zero-order valence-electron chi connectivity index (χ0n) is 16.9. The van der Waals surface area contributed by atoms with Crippen LogP contribution in [0.1, 0.15) is 54.4 Å². The summed E-state index contributed by atoms with van der Waals surface area (Å²) in [5.74, 6) is 0.410. The lowest BCUT2D eigenvalue weighted by atomic mass is 9.97. The van der Waals surface area contributed by atoms with Gasteiger partial charge in [-0.2, -0.15) is 5.10 Å². The fourth-order valence-electron chi connectivity index (χ4n) is 4.65. The number of benzene rings is 2.